The first kappa shape index (κ1) is 8.93. The zero-order valence-electron chi connectivity index (χ0n) is 6.87. The fourth-order valence-electron chi connectivity index (χ4n) is 0.980. The molecule has 1 heterocycles. The van der Waals surface area contributed by atoms with Crippen LogP contribution in [0.25, 0.3) is 0 Å². The molecule has 2 rings (SSSR count). The summed E-state index contributed by atoms with van der Waals surface area (Å²) in [6.07, 6.45) is 4.95. The lowest BCUT2D eigenvalue weighted by atomic mass is 10.3. The highest BCUT2D eigenvalue weighted by molar-refractivity contribution is 14.1. The predicted octanol–water partition coefficient (Wildman–Crippen LogP) is 2.04. The molecule has 1 fully saturated rings. The predicted molar refractivity (Wildman–Crippen MR) is 56.0 cm³/mol. The third-order valence-electron chi connectivity index (χ3n) is 1.81. The highest BCUT2D eigenvalue weighted by Crippen LogP contribution is 2.30. The molecule has 0 bridgehead atoms. The van der Waals surface area contributed by atoms with E-state index in [0.29, 0.717) is 11.8 Å². The highest BCUT2D eigenvalue weighted by atomic mass is 127. The van der Waals surface area contributed by atoms with E-state index in [1.165, 1.54) is 0 Å². The van der Waals surface area contributed by atoms with E-state index in [0.717, 1.165) is 28.4 Å². The van der Waals surface area contributed by atoms with Crippen LogP contribution < -0.4 is 4.74 Å². The Morgan fingerprint density at radius 2 is 2.38 bits per heavy atom. The van der Waals surface area contributed by atoms with Gasteiger partial charge in [-0.25, -0.2) is 0 Å². The van der Waals surface area contributed by atoms with Crippen LogP contribution in [-0.4, -0.2) is 17.4 Å². The molecular weight excluding hydrogens is 281 g/mol. The molecule has 0 amide bonds. The van der Waals surface area contributed by atoms with Crippen LogP contribution in [0.15, 0.2) is 12.3 Å². The fourth-order valence-corrected chi connectivity index (χ4v) is 1.55. The Bertz CT molecular complexity index is 336. The van der Waals surface area contributed by atoms with Crippen molar-refractivity contribution < 1.29 is 9.53 Å². The van der Waals surface area contributed by atoms with E-state index in [2.05, 4.69) is 27.6 Å². The molecule has 0 N–H and O–H groups in total. The van der Waals surface area contributed by atoms with Crippen LogP contribution in [0.1, 0.15) is 23.3 Å². The monoisotopic (exact) mass is 289 g/mol. The zero-order chi connectivity index (χ0) is 9.26. The maximum Gasteiger partial charge on any atom is 0.169 e. The van der Waals surface area contributed by atoms with Gasteiger partial charge in [0.15, 0.2) is 6.29 Å². The van der Waals surface area contributed by atoms with Crippen LogP contribution in [0.5, 0.6) is 5.75 Å². The maximum absolute atomic E-state index is 10.6. The Balaban J connectivity index is 2.27. The van der Waals surface area contributed by atoms with Gasteiger partial charge in [-0.3, -0.25) is 9.78 Å². The van der Waals surface area contributed by atoms with Gasteiger partial charge in [0.25, 0.3) is 0 Å². The van der Waals surface area contributed by atoms with E-state index < -0.39 is 0 Å². The van der Waals surface area contributed by atoms with Gasteiger partial charge in [0, 0.05) is 6.20 Å². The summed E-state index contributed by atoms with van der Waals surface area (Å²) < 4.78 is 6.40. The summed E-state index contributed by atoms with van der Waals surface area (Å²) in [7, 11) is 0. The number of hydrogen-bond donors (Lipinski definition) is 0. The molecule has 0 saturated heterocycles. The molecule has 68 valence electrons. The lowest BCUT2D eigenvalue weighted by molar-refractivity contribution is 0.111. The SMILES string of the molecule is O=Cc1nccc(OC2CC2)c1I. The van der Waals surface area contributed by atoms with E-state index in [1.807, 2.05) is 0 Å². The molecule has 1 aliphatic carbocycles. The van der Waals surface area contributed by atoms with Crippen LogP contribution in [-0.2, 0) is 0 Å². The topological polar surface area (TPSA) is 39.2 Å². The number of pyridine rings is 1. The molecule has 0 unspecified atom stereocenters. The summed E-state index contributed by atoms with van der Waals surface area (Å²) in [6, 6.07) is 1.80. The molecule has 0 spiro atoms. The van der Waals surface area contributed by atoms with E-state index >= 15 is 0 Å². The third kappa shape index (κ3) is 1.99. The zero-order valence-corrected chi connectivity index (χ0v) is 9.02. The largest absolute Gasteiger partial charge is 0.489 e. The lowest BCUT2D eigenvalue weighted by Gasteiger charge is -2.06. The summed E-state index contributed by atoms with van der Waals surface area (Å²) in [5, 5.41) is 0. The summed E-state index contributed by atoms with van der Waals surface area (Å²) in [5.74, 6) is 0.778. The van der Waals surface area contributed by atoms with Gasteiger partial charge in [-0.15, -0.1) is 0 Å². The van der Waals surface area contributed by atoms with Crippen molar-refractivity contribution in [2.75, 3.05) is 0 Å². The number of carbonyl (C=O) groups excluding carboxylic acids is 1. The van der Waals surface area contributed by atoms with Gasteiger partial charge in [0.05, 0.1) is 9.67 Å². The maximum atomic E-state index is 10.6. The van der Waals surface area contributed by atoms with Gasteiger partial charge >= 0.3 is 0 Å². The second-order valence-corrected chi connectivity index (χ2v) is 4.02. The molecular formula is C9H8INO2. The van der Waals surface area contributed by atoms with Crippen LogP contribution in [0, 0.1) is 3.57 Å². The molecule has 1 aromatic heterocycles. The summed E-state index contributed by atoms with van der Waals surface area (Å²) in [5.41, 5.74) is 0.457. The van der Waals surface area contributed by atoms with Crippen molar-refractivity contribution in [2.24, 2.45) is 0 Å². The normalized spacial score (nSPS) is 15.5. The first-order valence-corrected chi connectivity index (χ1v) is 5.15. The average Bonchev–Trinajstić information content (AvgIpc) is 2.92. The number of hydrogen-bond acceptors (Lipinski definition) is 3. The number of nitrogens with zero attached hydrogens (tertiary/aromatic N) is 1. The molecule has 4 heteroatoms. The summed E-state index contributed by atoms with van der Waals surface area (Å²) in [6.45, 7) is 0. The molecule has 0 radical (unpaired) electrons. The number of halogens is 1. The highest BCUT2D eigenvalue weighted by Gasteiger charge is 2.24. The van der Waals surface area contributed by atoms with Crippen LogP contribution in [0.2, 0.25) is 0 Å². The van der Waals surface area contributed by atoms with Crippen LogP contribution >= 0.6 is 22.6 Å². The van der Waals surface area contributed by atoms with Crippen LogP contribution in [0.4, 0.5) is 0 Å². The Morgan fingerprint density at radius 1 is 1.62 bits per heavy atom. The molecule has 0 aromatic carbocycles. The average molecular weight is 289 g/mol. The summed E-state index contributed by atoms with van der Waals surface area (Å²) in [4.78, 5) is 14.5. The minimum absolute atomic E-state index is 0.357. The second kappa shape index (κ2) is 3.61. The molecule has 3 nitrogen and oxygen atoms in total. The Hall–Kier alpha value is -0.650. The van der Waals surface area contributed by atoms with E-state index in [-0.39, 0.29) is 0 Å². The van der Waals surface area contributed by atoms with E-state index in [9.17, 15) is 4.79 Å². The number of aldehydes is 1. The number of rotatable bonds is 3. The lowest BCUT2D eigenvalue weighted by Crippen LogP contribution is -2.01. The van der Waals surface area contributed by atoms with Gasteiger partial charge in [-0.2, -0.15) is 0 Å². The first-order chi connectivity index (χ1) is 6.31. The Morgan fingerprint density at radius 3 is 3.00 bits per heavy atom. The molecule has 1 aromatic rings. The van der Waals surface area contributed by atoms with Crippen molar-refractivity contribution in [1.82, 2.24) is 4.98 Å². The molecule has 13 heavy (non-hydrogen) atoms. The third-order valence-corrected chi connectivity index (χ3v) is 2.89. The molecule has 1 aliphatic rings. The molecule has 0 aliphatic heterocycles. The number of ether oxygens (including phenoxy) is 1. The number of carbonyl (C=O) groups is 1. The molecule has 1 saturated carbocycles. The van der Waals surface area contributed by atoms with Crippen molar-refractivity contribution in [1.29, 1.82) is 0 Å². The minimum Gasteiger partial charge on any atom is -0.489 e. The van der Waals surface area contributed by atoms with Gasteiger partial charge in [-0.1, -0.05) is 0 Å². The van der Waals surface area contributed by atoms with Gasteiger partial charge in [0.1, 0.15) is 11.4 Å². The standard InChI is InChI=1S/C9H8INO2/c10-9-7(5-12)11-4-3-8(9)13-6-1-2-6/h3-6H,1-2H2. The van der Waals surface area contributed by atoms with E-state index in [1.54, 1.807) is 12.3 Å². The van der Waals surface area contributed by atoms with Gasteiger partial charge < -0.3 is 4.74 Å². The molecule has 0 atom stereocenters. The van der Waals surface area contributed by atoms with Crippen LogP contribution in [0.3, 0.4) is 0 Å². The van der Waals surface area contributed by atoms with Crippen molar-refractivity contribution in [3.8, 4) is 5.75 Å². The second-order valence-electron chi connectivity index (χ2n) is 2.94. The van der Waals surface area contributed by atoms with Gasteiger partial charge in [0.2, 0.25) is 0 Å². The quantitative estimate of drug-likeness (QED) is 0.631. The summed E-state index contributed by atoms with van der Waals surface area (Å²) >= 11 is 2.08. The van der Waals surface area contributed by atoms with Crippen molar-refractivity contribution in [2.45, 2.75) is 18.9 Å². The number of aromatic nitrogens is 1. The van der Waals surface area contributed by atoms with Gasteiger partial charge in [-0.05, 0) is 41.5 Å². The fraction of sp³-hybridized carbons (Fsp3) is 0.333. The first-order valence-electron chi connectivity index (χ1n) is 4.07. The minimum atomic E-state index is 0.357. The van der Waals surface area contributed by atoms with Crippen molar-refractivity contribution in [3.63, 3.8) is 0 Å². The van der Waals surface area contributed by atoms with E-state index in [4.69, 9.17) is 4.74 Å². The smallest absolute Gasteiger partial charge is 0.169 e. The van der Waals surface area contributed by atoms with Crippen molar-refractivity contribution in [3.05, 3.63) is 21.5 Å². The Labute approximate surface area is 89.6 Å². The van der Waals surface area contributed by atoms with Crippen molar-refractivity contribution >= 4 is 28.9 Å². The Kier molecular flexibility index (Phi) is 2.48.